The molecular formula is C39H55N7O4. The number of likely N-dealkylation sites (tertiary alicyclic amines) is 2. The first-order chi connectivity index (χ1) is 23.9. The van der Waals surface area contributed by atoms with Crippen LogP contribution in [0.15, 0.2) is 48.5 Å². The maximum Gasteiger partial charge on any atom is 0.247 e. The Hall–Kier alpha value is -4.22. The van der Waals surface area contributed by atoms with Crippen LogP contribution in [0.1, 0.15) is 66.2 Å². The van der Waals surface area contributed by atoms with E-state index >= 15 is 0 Å². The molecule has 0 saturated carbocycles. The minimum atomic E-state index is -0.487. The number of aromatic nitrogens is 1. The molecule has 2 aromatic carbocycles. The largest absolute Gasteiger partial charge is 0.355 e. The molecule has 11 nitrogen and oxygen atoms in total. The number of amides is 4. The van der Waals surface area contributed by atoms with E-state index in [9.17, 15) is 19.2 Å². The molecule has 0 radical (unpaired) electrons. The number of hydrogen-bond acceptors (Lipinski definition) is 6. The van der Waals surface area contributed by atoms with Crippen LogP contribution in [0.5, 0.6) is 0 Å². The molecule has 2 aliphatic heterocycles. The fourth-order valence-electron chi connectivity index (χ4n) is 7.34. The van der Waals surface area contributed by atoms with E-state index in [1.165, 1.54) is 0 Å². The normalized spacial score (nSPS) is 19.1. The molecule has 2 fully saturated rings. The first-order valence-electron chi connectivity index (χ1n) is 18.2. The molecule has 50 heavy (non-hydrogen) atoms. The van der Waals surface area contributed by atoms with E-state index in [1.807, 2.05) is 67.5 Å². The highest BCUT2D eigenvalue weighted by Crippen LogP contribution is 2.29. The van der Waals surface area contributed by atoms with Crippen molar-refractivity contribution in [2.24, 2.45) is 11.8 Å². The third-order valence-electron chi connectivity index (χ3n) is 9.99. The van der Waals surface area contributed by atoms with Crippen molar-refractivity contribution in [3.63, 3.8) is 0 Å². The van der Waals surface area contributed by atoms with Gasteiger partial charge < -0.3 is 30.7 Å². The summed E-state index contributed by atoms with van der Waals surface area (Å²) in [6.45, 7) is 9.59. The summed E-state index contributed by atoms with van der Waals surface area (Å²) in [4.78, 5) is 62.4. The summed E-state index contributed by atoms with van der Waals surface area (Å²) in [5.41, 5.74) is 4.14. The fourth-order valence-corrected chi connectivity index (χ4v) is 7.34. The average molecular weight is 686 g/mol. The van der Waals surface area contributed by atoms with E-state index in [2.05, 4.69) is 48.6 Å². The van der Waals surface area contributed by atoms with Crippen molar-refractivity contribution in [2.45, 2.75) is 90.4 Å². The molecule has 0 bridgehead atoms. The molecule has 1 aromatic heterocycles. The number of likely N-dealkylation sites (N-methyl/N-ethyl adjacent to an activating group) is 2. The quantitative estimate of drug-likeness (QED) is 0.193. The Morgan fingerprint density at radius 1 is 0.780 bits per heavy atom. The maximum absolute atomic E-state index is 13.5. The molecule has 0 aliphatic carbocycles. The summed E-state index contributed by atoms with van der Waals surface area (Å²) in [6.07, 6.45) is 4.39. The summed E-state index contributed by atoms with van der Waals surface area (Å²) in [5.74, 6) is 0.423. The van der Waals surface area contributed by atoms with E-state index in [0.717, 1.165) is 47.8 Å². The molecule has 11 heteroatoms. The van der Waals surface area contributed by atoms with Crippen LogP contribution >= 0.6 is 0 Å². The summed E-state index contributed by atoms with van der Waals surface area (Å²) < 4.78 is 0. The van der Waals surface area contributed by atoms with Crippen molar-refractivity contribution >= 4 is 45.9 Å². The minimum absolute atomic E-state index is 0.0129. The Balaban J connectivity index is 1.22. The van der Waals surface area contributed by atoms with E-state index in [-0.39, 0.29) is 35.7 Å². The smallest absolute Gasteiger partial charge is 0.247 e. The van der Waals surface area contributed by atoms with Crippen LogP contribution < -0.4 is 16.0 Å². The van der Waals surface area contributed by atoms with Gasteiger partial charge in [-0.25, -0.2) is 0 Å². The highest BCUT2D eigenvalue weighted by atomic mass is 16.2. The Morgan fingerprint density at radius 2 is 1.34 bits per heavy atom. The van der Waals surface area contributed by atoms with Crippen LogP contribution in [0.25, 0.3) is 22.2 Å². The Labute approximate surface area is 296 Å². The average Bonchev–Trinajstić information content (AvgIpc) is 3.85. The zero-order valence-corrected chi connectivity index (χ0v) is 30.7. The molecule has 5 rings (SSSR count). The topological polar surface area (TPSA) is 130 Å². The Kier molecular flexibility index (Phi) is 12.0. The third kappa shape index (κ3) is 8.55. The van der Waals surface area contributed by atoms with Gasteiger partial charge in [-0.1, -0.05) is 39.8 Å². The predicted octanol–water partition coefficient (Wildman–Crippen LogP) is 5.30. The summed E-state index contributed by atoms with van der Waals surface area (Å²) in [7, 11) is 5.64. The van der Waals surface area contributed by atoms with Gasteiger partial charge >= 0.3 is 0 Å². The second-order valence-corrected chi connectivity index (χ2v) is 15.0. The van der Waals surface area contributed by atoms with Gasteiger partial charge in [0.05, 0.1) is 12.1 Å². The van der Waals surface area contributed by atoms with E-state index < -0.39 is 12.1 Å². The fraction of sp³-hybridized carbons (Fsp3) is 0.538. The van der Waals surface area contributed by atoms with Gasteiger partial charge in [-0.15, -0.1) is 0 Å². The number of nitrogens with one attached hydrogen (secondary N) is 4. The molecule has 2 aliphatic rings. The number of fused-ring (bicyclic) bond motifs is 1. The molecule has 0 spiro atoms. The number of rotatable bonds is 13. The van der Waals surface area contributed by atoms with Gasteiger partial charge in [-0.05, 0) is 113 Å². The van der Waals surface area contributed by atoms with Gasteiger partial charge in [0.1, 0.15) is 12.1 Å². The predicted molar refractivity (Wildman–Crippen MR) is 200 cm³/mol. The van der Waals surface area contributed by atoms with E-state index in [0.29, 0.717) is 49.1 Å². The highest BCUT2D eigenvalue weighted by molar-refractivity contribution is 6.00. The van der Waals surface area contributed by atoms with Gasteiger partial charge in [0.25, 0.3) is 0 Å². The van der Waals surface area contributed by atoms with Gasteiger partial charge in [0.15, 0.2) is 0 Å². The second kappa shape index (κ2) is 16.2. The summed E-state index contributed by atoms with van der Waals surface area (Å²) in [5, 5.41) is 10.2. The van der Waals surface area contributed by atoms with Crippen LogP contribution in [0.2, 0.25) is 0 Å². The van der Waals surface area contributed by atoms with Gasteiger partial charge in [0, 0.05) is 41.1 Å². The van der Waals surface area contributed by atoms with Crippen molar-refractivity contribution in [2.75, 3.05) is 44.9 Å². The van der Waals surface area contributed by atoms with E-state index in [4.69, 9.17) is 0 Å². The van der Waals surface area contributed by atoms with Crippen molar-refractivity contribution in [1.82, 2.24) is 25.0 Å². The van der Waals surface area contributed by atoms with E-state index in [1.54, 1.807) is 16.8 Å². The lowest BCUT2D eigenvalue weighted by Crippen LogP contribution is -2.51. The van der Waals surface area contributed by atoms with Gasteiger partial charge in [-0.3, -0.25) is 24.1 Å². The van der Waals surface area contributed by atoms with Crippen LogP contribution in [0.3, 0.4) is 0 Å². The van der Waals surface area contributed by atoms with Crippen LogP contribution in [0, 0.1) is 11.8 Å². The van der Waals surface area contributed by atoms with Crippen LogP contribution in [-0.2, 0) is 19.2 Å². The number of benzene rings is 2. The number of hydrogen-bond donors (Lipinski definition) is 4. The number of H-pyrrole nitrogens is 1. The molecule has 2 saturated heterocycles. The molecule has 3 aromatic rings. The van der Waals surface area contributed by atoms with Crippen molar-refractivity contribution < 1.29 is 19.2 Å². The highest BCUT2D eigenvalue weighted by Gasteiger charge is 2.39. The Morgan fingerprint density at radius 3 is 1.90 bits per heavy atom. The number of anilines is 2. The summed E-state index contributed by atoms with van der Waals surface area (Å²) >= 11 is 0. The number of carbonyl (C=O) groups excluding carboxylic acids is 4. The van der Waals surface area contributed by atoms with Gasteiger partial charge in [0.2, 0.25) is 23.6 Å². The molecule has 4 amide bonds. The number of nitrogens with zero attached hydrogens (tertiary/aromatic N) is 3. The van der Waals surface area contributed by atoms with Crippen LogP contribution in [-0.4, -0.2) is 102 Å². The standard InChI is InChI=1S/C39H55N7O4/c1-24(2)20-32(40-5)38(49)45-18-8-10-33(45)37(48)42-29-16-17-30-27(22-29)23-31(43-30)26-12-14-28(15-13-26)41-36(47)34-11-9-19-46(34)39(50)35(44(6)7)21-25(3)4/h12-17,22-25,32-35,40,43H,8-11,18-21H2,1-7H3,(H,41,47)(H,42,48)/t32-,33+,34+,35-/m1/s1. The Bertz CT molecular complexity index is 1660. The van der Waals surface area contributed by atoms with Crippen LogP contribution in [0.4, 0.5) is 11.4 Å². The lowest BCUT2D eigenvalue weighted by molar-refractivity contribution is -0.141. The lowest BCUT2D eigenvalue weighted by Gasteiger charge is -2.32. The minimum Gasteiger partial charge on any atom is -0.355 e. The molecular weight excluding hydrogens is 630 g/mol. The number of aromatic amines is 1. The molecule has 270 valence electrons. The third-order valence-corrected chi connectivity index (χ3v) is 9.99. The van der Waals surface area contributed by atoms with Gasteiger partial charge in [-0.2, -0.15) is 0 Å². The maximum atomic E-state index is 13.5. The second-order valence-electron chi connectivity index (χ2n) is 15.0. The molecule has 3 heterocycles. The zero-order chi connectivity index (χ0) is 36.1. The van der Waals surface area contributed by atoms with Crippen molar-refractivity contribution in [1.29, 1.82) is 0 Å². The lowest BCUT2D eigenvalue weighted by atomic mass is 10.0. The molecule has 4 N–H and O–H groups in total. The van der Waals surface area contributed by atoms with Crippen molar-refractivity contribution in [3.8, 4) is 11.3 Å². The summed E-state index contributed by atoms with van der Waals surface area (Å²) in [6, 6.07) is 13.9. The first-order valence-corrected chi connectivity index (χ1v) is 18.2. The SMILES string of the molecule is CN[C@H](CC(C)C)C(=O)N1CCC[C@H]1C(=O)Nc1ccc2[nH]c(-c3ccc(NC(=O)[C@@H]4CCCN4C(=O)[C@@H](CC(C)C)N(C)C)cc3)cc2c1. The first kappa shape index (κ1) is 37.0. The molecule has 0 unspecified atom stereocenters. The van der Waals surface area contributed by atoms with Crippen molar-refractivity contribution in [3.05, 3.63) is 48.5 Å². The monoisotopic (exact) mass is 685 g/mol. The zero-order valence-electron chi connectivity index (χ0n) is 30.7. The molecule has 4 atom stereocenters. The number of carbonyl (C=O) groups is 4.